The van der Waals surface area contributed by atoms with Gasteiger partial charge in [0.25, 0.3) is 11.1 Å². The van der Waals surface area contributed by atoms with Crippen molar-refractivity contribution in [2.75, 3.05) is 19.6 Å². The third kappa shape index (κ3) is 3.84. The van der Waals surface area contributed by atoms with E-state index in [2.05, 4.69) is 15.2 Å². The highest BCUT2D eigenvalue weighted by Crippen LogP contribution is 2.25. The summed E-state index contributed by atoms with van der Waals surface area (Å²) >= 11 is 6.07. The molecule has 0 unspecified atom stereocenters. The van der Waals surface area contributed by atoms with E-state index < -0.39 is 0 Å². The second-order valence-corrected chi connectivity index (χ2v) is 8.91. The lowest BCUT2D eigenvalue weighted by molar-refractivity contribution is 0.171. The van der Waals surface area contributed by atoms with Gasteiger partial charge in [0.15, 0.2) is 5.69 Å². The summed E-state index contributed by atoms with van der Waals surface area (Å²) in [6, 6.07) is 10.9. The summed E-state index contributed by atoms with van der Waals surface area (Å²) in [7, 11) is 0. The first-order chi connectivity index (χ1) is 15.5. The average molecular weight is 451 g/mol. The van der Waals surface area contributed by atoms with Crippen molar-refractivity contribution in [3.63, 3.8) is 0 Å². The Bertz CT molecular complexity index is 1330. The van der Waals surface area contributed by atoms with Gasteiger partial charge in [-0.05, 0) is 49.7 Å². The van der Waals surface area contributed by atoms with Crippen LogP contribution in [0.1, 0.15) is 30.1 Å². The summed E-state index contributed by atoms with van der Waals surface area (Å²) in [6.45, 7) is 3.80. The third-order valence-electron chi connectivity index (χ3n) is 6.47. The molecule has 5 rings (SSSR count). The molecule has 1 N–H and O–H groups in total. The maximum Gasteiger partial charge on any atom is 0.252 e. The summed E-state index contributed by atoms with van der Waals surface area (Å²) < 4.78 is 3.52. The normalized spacial score (nSPS) is 18.8. The smallest absolute Gasteiger partial charge is 0.252 e. The number of piperidine rings is 1. The van der Waals surface area contributed by atoms with Crippen LogP contribution in [0.5, 0.6) is 0 Å². The topological polar surface area (TPSA) is 96.0 Å². The zero-order chi connectivity index (χ0) is 22.2. The zero-order valence-electron chi connectivity index (χ0n) is 17.5. The number of rotatable bonds is 5. The van der Waals surface area contributed by atoms with E-state index >= 15 is 0 Å². The maximum absolute atomic E-state index is 12.6. The molecule has 2 aliphatic heterocycles. The Balaban J connectivity index is 1.20. The van der Waals surface area contributed by atoms with Gasteiger partial charge < -0.3 is 10.2 Å². The molecule has 1 saturated heterocycles. The largest absolute Gasteiger partial charge is 0.310 e. The van der Waals surface area contributed by atoms with E-state index in [0.29, 0.717) is 24.2 Å². The molecule has 0 aliphatic carbocycles. The Kier molecular flexibility index (Phi) is 5.55. The highest BCUT2D eigenvalue weighted by molar-refractivity contribution is 6.31. The fourth-order valence-electron chi connectivity index (χ4n) is 4.83. The van der Waals surface area contributed by atoms with Gasteiger partial charge in [0.05, 0.1) is 11.1 Å². The SMILES string of the molecule is N#Cc1ncc(CNC2CCN(C[C@@H]3Cn4c(=O)ccc5ccc(=O)n3c54)CC2)cc1Cl. The van der Waals surface area contributed by atoms with Gasteiger partial charge in [-0.2, -0.15) is 5.26 Å². The monoisotopic (exact) mass is 450 g/mol. The first kappa shape index (κ1) is 20.9. The fraction of sp³-hybridized carbons (Fsp3) is 0.391. The highest BCUT2D eigenvalue weighted by Gasteiger charge is 2.29. The van der Waals surface area contributed by atoms with Crippen LogP contribution < -0.4 is 16.4 Å². The Morgan fingerprint density at radius 1 is 1.16 bits per heavy atom. The van der Waals surface area contributed by atoms with Crippen molar-refractivity contribution in [3.8, 4) is 6.07 Å². The quantitative estimate of drug-likeness (QED) is 0.637. The molecule has 3 aromatic heterocycles. The van der Waals surface area contributed by atoms with E-state index in [9.17, 15) is 9.59 Å². The first-order valence-corrected chi connectivity index (χ1v) is 11.2. The fourth-order valence-corrected chi connectivity index (χ4v) is 5.06. The van der Waals surface area contributed by atoms with E-state index in [1.165, 1.54) is 0 Å². The summed E-state index contributed by atoms with van der Waals surface area (Å²) in [4.78, 5) is 31.4. The van der Waals surface area contributed by atoms with Gasteiger partial charge in [-0.3, -0.25) is 18.7 Å². The first-order valence-electron chi connectivity index (χ1n) is 10.8. The van der Waals surface area contributed by atoms with Crippen molar-refractivity contribution >= 4 is 22.6 Å². The van der Waals surface area contributed by atoms with Crippen molar-refractivity contribution < 1.29 is 0 Å². The predicted molar refractivity (Wildman–Crippen MR) is 122 cm³/mol. The summed E-state index contributed by atoms with van der Waals surface area (Å²) in [5, 5.41) is 13.8. The molecule has 0 aromatic carbocycles. The lowest BCUT2D eigenvalue weighted by Gasteiger charge is -2.34. The molecule has 1 fully saturated rings. The van der Waals surface area contributed by atoms with Gasteiger partial charge in [-0.15, -0.1) is 0 Å². The van der Waals surface area contributed by atoms with Gasteiger partial charge >= 0.3 is 0 Å². The summed E-state index contributed by atoms with van der Waals surface area (Å²) in [5.74, 6) is 0. The van der Waals surface area contributed by atoms with Crippen LogP contribution in [0.2, 0.25) is 5.02 Å². The molecule has 2 aliphatic rings. The third-order valence-corrected chi connectivity index (χ3v) is 6.76. The molecule has 32 heavy (non-hydrogen) atoms. The molecule has 9 heteroatoms. The molecule has 0 bridgehead atoms. The van der Waals surface area contributed by atoms with Gasteiger partial charge in [0.1, 0.15) is 11.7 Å². The summed E-state index contributed by atoms with van der Waals surface area (Å²) in [6.07, 6.45) is 3.68. The minimum absolute atomic E-state index is 0.0299. The van der Waals surface area contributed by atoms with E-state index in [1.54, 1.807) is 45.7 Å². The molecule has 3 aromatic rings. The number of likely N-dealkylation sites (tertiary alicyclic amines) is 1. The van der Waals surface area contributed by atoms with Crippen molar-refractivity contribution in [2.45, 2.75) is 38.0 Å². The van der Waals surface area contributed by atoms with Crippen molar-refractivity contribution in [1.29, 1.82) is 5.26 Å². The van der Waals surface area contributed by atoms with Crippen LogP contribution in [-0.4, -0.2) is 44.7 Å². The molecular weight excluding hydrogens is 428 g/mol. The Hall–Kier alpha value is -2.99. The number of hydrogen-bond donors (Lipinski definition) is 1. The van der Waals surface area contributed by atoms with Crippen LogP contribution in [-0.2, 0) is 13.1 Å². The lowest BCUT2D eigenvalue weighted by atomic mass is 10.0. The van der Waals surface area contributed by atoms with E-state index in [1.807, 2.05) is 6.07 Å². The predicted octanol–water partition coefficient (Wildman–Crippen LogP) is 1.89. The van der Waals surface area contributed by atoms with Gasteiger partial charge in [-0.1, -0.05) is 11.6 Å². The second-order valence-electron chi connectivity index (χ2n) is 8.50. The van der Waals surface area contributed by atoms with Gasteiger partial charge in [-0.25, -0.2) is 4.98 Å². The maximum atomic E-state index is 12.6. The van der Waals surface area contributed by atoms with Crippen molar-refractivity contribution in [3.05, 3.63) is 73.5 Å². The van der Waals surface area contributed by atoms with E-state index in [4.69, 9.17) is 16.9 Å². The number of nitrogens with zero attached hydrogens (tertiary/aromatic N) is 5. The number of pyridine rings is 3. The van der Waals surface area contributed by atoms with Crippen LogP contribution in [0.15, 0.2) is 46.1 Å². The Labute approximate surface area is 189 Å². The molecular formula is C23H23ClN6O2. The average Bonchev–Trinajstić information content (AvgIpc) is 3.19. The van der Waals surface area contributed by atoms with E-state index in [-0.39, 0.29) is 22.9 Å². The molecule has 0 radical (unpaired) electrons. The minimum Gasteiger partial charge on any atom is -0.310 e. The number of halogens is 1. The number of hydrogen-bond acceptors (Lipinski definition) is 6. The van der Waals surface area contributed by atoms with Crippen molar-refractivity contribution in [1.82, 2.24) is 24.3 Å². The molecule has 1 atom stereocenters. The molecule has 5 heterocycles. The van der Waals surface area contributed by atoms with Gasteiger partial charge in [0, 0.05) is 49.4 Å². The van der Waals surface area contributed by atoms with Crippen LogP contribution in [0.25, 0.3) is 11.0 Å². The zero-order valence-corrected chi connectivity index (χ0v) is 18.3. The number of nitriles is 1. The van der Waals surface area contributed by atoms with Crippen LogP contribution in [0, 0.1) is 11.3 Å². The number of aromatic nitrogens is 3. The lowest BCUT2D eigenvalue weighted by Crippen LogP contribution is -2.44. The Morgan fingerprint density at radius 3 is 2.62 bits per heavy atom. The molecule has 0 spiro atoms. The molecule has 0 amide bonds. The molecule has 8 nitrogen and oxygen atoms in total. The molecule has 0 saturated carbocycles. The van der Waals surface area contributed by atoms with Crippen LogP contribution in [0.4, 0.5) is 0 Å². The van der Waals surface area contributed by atoms with E-state index in [0.717, 1.165) is 49.1 Å². The number of nitrogens with one attached hydrogen (secondary N) is 1. The highest BCUT2D eigenvalue weighted by atomic mass is 35.5. The molecule has 164 valence electrons. The van der Waals surface area contributed by atoms with Crippen molar-refractivity contribution in [2.24, 2.45) is 0 Å². The van der Waals surface area contributed by atoms with Crippen LogP contribution in [0.3, 0.4) is 0 Å². The summed E-state index contributed by atoms with van der Waals surface area (Å²) in [5.41, 5.74) is 1.83. The van der Waals surface area contributed by atoms with Gasteiger partial charge in [0.2, 0.25) is 0 Å². The minimum atomic E-state index is -0.0559. The Morgan fingerprint density at radius 2 is 1.91 bits per heavy atom. The standard InChI is InChI=1S/C23H23ClN6O2/c24-19-9-15(12-27-20(19)10-25)11-26-17-5-7-28(8-6-17)13-18-14-29-21(31)3-1-16-2-4-22(32)30(18)23(16)29/h1-4,9,12,17-18,26H,5-8,11,13-14H2/t18-/m1/s1. The second kappa shape index (κ2) is 8.51. The van der Waals surface area contributed by atoms with Crippen LogP contribution >= 0.6 is 11.6 Å².